The third-order valence-corrected chi connectivity index (χ3v) is 3.55. The second-order valence-corrected chi connectivity index (χ2v) is 6.26. The van der Waals surface area contributed by atoms with Crippen molar-refractivity contribution in [3.63, 3.8) is 0 Å². The van der Waals surface area contributed by atoms with Crippen LogP contribution in [0.1, 0.15) is 19.4 Å². The summed E-state index contributed by atoms with van der Waals surface area (Å²) in [6, 6.07) is 5.05. The Hall–Kier alpha value is -1.27. The van der Waals surface area contributed by atoms with Crippen LogP contribution in [-0.4, -0.2) is 26.9 Å². The lowest BCUT2D eigenvalue weighted by Gasteiger charge is -2.12. The molecule has 5 nitrogen and oxygen atoms in total. The first-order valence-electron chi connectivity index (χ1n) is 5.78. The minimum absolute atomic E-state index is 0.0264. The van der Waals surface area contributed by atoms with Gasteiger partial charge in [0.1, 0.15) is 0 Å². The van der Waals surface area contributed by atoms with Crippen molar-refractivity contribution in [2.75, 3.05) is 22.8 Å². The quantitative estimate of drug-likeness (QED) is 0.773. The molecule has 0 aliphatic rings. The van der Waals surface area contributed by atoms with Gasteiger partial charge < -0.3 is 10.5 Å². The molecule has 1 aromatic rings. The van der Waals surface area contributed by atoms with E-state index in [-0.39, 0.29) is 18.5 Å². The van der Waals surface area contributed by atoms with E-state index in [1.54, 1.807) is 25.1 Å². The number of hydrogen-bond donors (Lipinski definition) is 2. The summed E-state index contributed by atoms with van der Waals surface area (Å²) < 4.78 is 31.3. The third kappa shape index (κ3) is 4.93. The van der Waals surface area contributed by atoms with Crippen LogP contribution in [-0.2, 0) is 14.8 Å². The largest absolute Gasteiger partial charge is 0.399 e. The van der Waals surface area contributed by atoms with Crippen molar-refractivity contribution in [3.8, 4) is 0 Å². The molecule has 0 saturated carbocycles. The number of sulfonamides is 1. The Morgan fingerprint density at radius 1 is 1.39 bits per heavy atom. The van der Waals surface area contributed by atoms with Gasteiger partial charge in [0.2, 0.25) is 10.0 Å². The van der Waals surface area contributed by atoms with Crippen molar-refractivity contribution in [2.45, 2.75) is 26.9 Å². The van der Waals surface area contributed by atoms with E-state index < -0.39 is 10.0 Å². The molecule has 0 fully saturated rings. The van der Waals surface area contributed by atoms with Crippen LogP contribution in [0.15, 0.2) is 18.2 Å². The van der Waals surface area contributed by atoms with Crippen LogP contribution in [0.5, 0.6) is 0 Å². The van der Waals surface area contributed by atoms with Gasteiger partial charge in [-0.15, -0.1) is 0 Å². The molecule has 0 bridgehead atoms. The zero-order chi connectivity index (χ0) is 13.8. The van der Waals surface area contributed by atoms with Crippen molar-refractivity contribution in [1.29, 1.82) is 0 Å². The Labute approximate surface area is 108 Å². The lowest BCUT2D eigenvalue weighted by atomic mass is 10.2. The maximum absolute atomic E-state index is 11.8. The Morgan fingerprint density at radius 2 is 2.06 bits per heavy atom. The number of benzene rings is 1. The highest BCUT2D eigenvalue weighted by atomic mass is 32.2. The maximum Gasteiger partial charge on any atom is 0.235 e. The van der Waals surface area contributed by atoms with Gasteiger partial charge in [-0.2, -0.15) is 0 Å². The molecule has 0 aromatic heterocycles. The summed E-state index contributed by atoms with van der Waals surface area (Å²) in [4.78, 5) is 0. The van der Waals surface area contributed by atoms with Crippen LogP contribution in [0.2, 0.25) is 0 Å². The van der Waals surface area contributed by atoms with E-state index in [0.717, 1.165) is 5.56 Å². The van der Waals surface area contributed by atoms with Crippen molar-refractivity contribution in [2.24, 2.45) is 0 Å². The molecule has 0 spiro atoms. The van der Waals surface area contributed by atoms with E-state index in [0.29, 0.717) is 11.4 Å². The predicted octanol–water partition coefficient (Wildman–Crippen LogP) is 1.74. The molecule has 3 N–H and O–H groups in total. The topological polar surface area (TPSA) is 81.4 Å². The lowest BCUT2D eigenvalue weighted by Crippen LogP contribution is -2.22. The maximum atomic E-state index is 11.8. The standard InChI is InChI=1S/C12H20N2O3S/c1-9(2)17-6-7-18(15,16)14-12-5-4-11(13)8-10(12)3/h4-5,8-9,14H,6-7,13H2,1-3H3. The fourth-order valence-corrected chi connectivity index (χ4v) is 2.40. The molecule has 0 radical (unpaired) electrons. The van der Waals surface area contributed by atoms with Gasteiger partial charge in [-0.25, -0.2) is 8.42 Å². The molecule has 0 atom stereocenters. The van der Waals surface area contributed by atoms with Crippen LogP contribution >= 0.6 is 0 Å². The van der Waals surface area contributed by atoms with Gasteiger partial charge in [-0.1, -0.05) is 0 Å². The first-order valence-corrected chi connectivity index (χ1v) is 7.43. The van der Waals surface area contributed by atoms with Crippen molar-refractivity contribution in [3.05, 3.63) is 23.8 Å². The molecule has 0 saturated heterocycles. The summed E-state index contributed by atoms with van der Waals surface area (Å²) in [6.45, 7) is 5.72. The summed E-state index contributed by atoms with van der Waals surface area (Å²) in [5, 5.41) is 0. The number of nitrogen functional groups attached to an aromatic ring is 1. The number of hydrogen-bond acceptors (Lipinski definition) is 4. The molecule has 1 rings (SSSR count). The first kappa shape index (κ1) is 14.8. The lowest BCUT2D eigenvalue weighted by molar-refractivity contribution is 0.0913. The normalized spacial score (nSPS) is 11.8. The molecule has 0 aliphatic heterocycles. The predicted molar refractivity (Wildman–Crippen MR) is 74.1 cm³/mol. The van der Waals surface area contributed by atoms with Gasteiger partial charge in [-0.05, 0) is 44.5 Å². The van der Waals surface area contributed by atoms with Crippen LogP contribution in [0.4, 0.5) is 11.4 Å². The number of nitrogens with one attached hydrogen (secondary N) is 1. The van der Waals surface area contributed by atoms with Crippen molar-refractivity contribution in [1.82, 2.24) is 0 Å². The molecule has 1 aromatic carbocycles. The van der Waals surface area contributed by atoms with E-state index in [2.05, 4.69) is 4.72 Å². The van der Waals surface area contributed by atoms with Gasteiger partial charge in [0.15, 0.2) is 0 Å². The molecule has 6 heteroatoms. The van der Waals surface area contributed by atoms with Crippen LogP contribution in [0.25, 0.3) is 0 Å². The molecule has 0 amide bonds. The molecule has 102 valence electrons. The highest BCUT2D eigenvalue weighted by Gasteiger charge is 2.12. The minimum atomic E-state index is -3.38. The van der Waals surface area contributed by atoms with E-state index in [1.807, 2.05) is 13.8 Å². The monoisotopic (exact) mass is 272 g/mol. The number of ether oxygens (including phenoxy) is 1. The van der Waals surface area contributed by atoms with E-state index >= 15 is 0 Å². The fraction of sp³-hybridized carbons (Fsp3) is 0.500. The van der Waals surface area contributed by atoms with Gasteiger partial charge in [0.05, 0.1) is 24.2 Å². The smallest absolute Gasteiger partial charge is 0.235 e. The first-order chi connectivity index (χ1) is 8.30. The highest BCUT2D eigenvalue weighted by Crippen LogP contribution is 2.18. The van der Waals surface area contributed by atoms with Gasteiger partial charge in [-0.3, -0.25) is 4.72 Å². The average Bonchev–Trinajstić information content (AvgIpc) is 2.21. The second-order valence-electron chi connectivity index (χ2n) is 4.41. The summed E-state index contributed by atoms with van der Waals surface area (Å²) in [7, 11) is -3.38. The molecule has 18 heavy (non-hydrogen) atoms. The second kappa shape index (κ2) is 6.06. The van der Waals surface area contributed by atoms with Crippen LogP contribution < -0.4 is 10.5 Å². The minimum Gasteiger partial charge on any atom is -0.399 e. The van der Waals surface area contributed by atoms with E-state index in [9.17, 15) is 8.42 Å². The van der Waals surface area contributed by atoms with Gasteiger partial charge in [0.25, 0.3) is 0 Å². The Morgan fingerprint density at radius 3 is 2.61 bits per heavy atom. The highest BCUT2D eigenvalue weighted by molar-refractivity contribution is 7.92. The summed E-state index contributed by atoms with van der Waals surface area (Å²) >= 11 is 0. The Bertz CT molecular complexity index is 498. The fourth-order valence-electron chi connectivity index (χ4n) is 1.41. The van der Waals surface area contributed by atoms with E-state index in [1.165, 1.54) is 0 Å². The summed E-state index contributed by atoms with van der Waals surface area (Å²) in [5.74, 6) is -0.0605. The van der Waals surface area contributed by atoms with Crippen LogP contribution in [0.3, 0.4) is 0 Å². The molecule has 0 heterocycles. The Balaban J connectivity index is 2.65. The van der Waals surface area contributed by atoms with Gasteiger partial charge in [0, 0.05) is 5.69 Å². The molecular weight excluding hydrogens is 252 g/mol. The zero-order valence-corrected chi connectivity index (χ0v) is 11.8. The van der Waals surface area contributed by atoms with E-state index in [4.69, 9.17) is 10.5 Å². The number of anilines is 2. The zero-order valence-electron chi connectivity index (χ0n) is 10.9. The third-order valence-electron chi connectivity index (χ3n) is 2.32. The Kier molecular flexibility index (Phi) is 4.98. The SMILES string of the molecule is Cc1cc(N)ccc1NS(=O)(=O)CCOC(C)C. The average molecular weight is 272 g/mol. The van der Waals surface area contributed by atoms with Crippen molar-refractivity contribution < 1.29 is 13.2 Å². The summed E-state index contributed by atoms with van der Waals surface area (Å²) in [5.41, 5.74) is 7.56. The molecule has 0 aliphatic carbocycles. The van der Waals surface area contributed by atoms with Crippen molar-refractivity contribution >= 4 is 21.4 Å². The molecular formula is C12H20N2O3S. The van der Waals surface area contributed by atoms with Crippen LogP contribution in [0, 0.1) is 6.92 Å². The molecule has 0 unspecified atom stereocenters. The number of nitrogens with two attached hydrogens (primary N) is 1. The number of rotatable bonds is 6. The van der Waals surface area contributed by atoms with Gasteiger partial charge >= 0.3 is 0 Å². The number of aryl methyl sites for hydroxylation is 1. The summed E-state index contributed by atoms with van der Waals surface area (Å²) in [6.07, 6.45) is 0.0264.